The monoisotopic (exact) mass is 426 g/mol. The molecule has 1 N–H and O–H groups in total. The summed E-state index contributed by atoms with van der Waals surface area (Å²) in [4.78, 5) is 32.2. The van der Waals surface area contributed by atoms with Gasteiger partial charge in [-0.15, -0.1) is 0 Å². The lowest BCUT2D eigenvalue weighted by atomic mass is 9.96. The molecule has 160 valence electrons. The lowest BCUT2D eigenvalue weighted by Gasteiger charge is -2.24. The summed E-state index contributed by atoms with van der Waals surface area (Å²) >= 11 is 0. The first-order chi connectivity index (χ1) is 15.4. The van der Waals surface area contributed by atoms with Gasteiger partial charge in [0.15, 0.2) is 0 Å². The van der Waals surface area contributed by atoms with Gasteiger partial charge in [0.05, 0.1) is 11.3 Å². The van der Waals surface area contributed by atoms with Gasteiger partial charge in [-0.2, -0.15) is 0 Å². The van der Waals surface area contributed by atoms with Crippen molar-refractivity contribution in [1.29, 1.82) is 0 Å². The van der Waals surface area contributed by atoms with Crippen LogP contribution in [0.3, 0.4) is 0 Å². The molecule has 0 aliphatic carbocycles. The minimum atomic E-state index is -0.832. The Morgan fingerprint density at radius 3 is 2.69 bits per heavy atom. The number of hydrogen-bond donors (Lipinski definition) is 1. The predicted molar refractivity (Wildman–Crippen MR) is 120 cm³/mol. The van der Waals surface area contributed by atoms with Crippen molar-refractivity contribution in [1.82, 2.24) is 4.98 Å². The van der Waals surface area contributed by atoms with Crippen LogP contribution in [0.1, 0.15) is 35.3 Å². The minimum absolute atomic E-state index is 0.0297. The van der Waals surface area contributed by atoms with E-state index < -0.39 is 17.7 Å². The molecule has 1 fully saturated rings. The summed E-state index contributed by atoms with van der Waals surface area (Å²) in [6, 6.07) is 17.2. The van der Waals surface area contributed by atoms with Crippen LogP contribution in [-0.4, -0.2) is 27.9 Å². The zero-order valence-electron chi connectivity index (χ0n) is 17.8. The molecule has 0 radical (unpaired) electrons. The minimum Gasteiger partial charge on any atom is -0.507 e. The second-order valence-corrected chi connectivity index (χ2v) is 8.22. The van der Waals surface area contributed by atoms with Crippen LogP contribution in [0.25, 0.3) is 5.76 Å². The Bertz CT molecular complexity index is 1270. The zero-order valence-corrected chi connectivity index (χ0v) is 17.8. The van der Waals surface area contributed by atoms with Gasteiger partial charge in [0, 0.05) is 23.9 Å². The number of Topliss-reactive ketones (excluding diaryl/α,β-unsaturated/α-hetero) is 1. The van der Waals surface area contributed by atoms with Crippen molar-refractivity contribution < 1.29 is 19.4 Å². The van der Waals surface area contributed by atoms with Crippen LogP contribution in [0.15, 0.2) is 72.4 Å². The van der Waals surface area contributed by atoms with E-state index in [2.05, 4.69) is 4.98 Å². The van der Waals surface area contributed by atoms with Crippen molar-refractivity contribution in [3.05, 3.63) is 94.8 Å². The SMILES string of the molecule is Cc1cccc(N2C(=O)C(=O)/C(=C(\O)c3ccc4c(c3)CC(C)O4)C2c2ccccn2)c1. The molecule has 0 saturated carbocycles. The quantitative estimate of drug-likeness (QED) is 0.383. The smallest absolute Gasteiger partial charge is 0.300 e. The lowest BCUT2D eigenvalue weighted by molar-refractivity contribution is -0.132. The number of hydrogen-bond acceptors (Lipinski definition) is 5. The molecule has 5 rings (SSSR count). The number of fused-ring (bicyclic) bond motifs is 1. The van der Waals surface area contributed by atoms with E-state index in [0.717, 1.165) is 23.3 Å². The number of rotatable bonds is 3. The third kappa shape index (κ3) is 3.24. The van der Waals surface area contributed by atoms with Crippen LogP contribution in [0.4, 0.5) is 5.69 Å². The highest BCUT2D eigenvalue weighted by Crippen LogP contribution is 2.42. The average Bonchev–Trinajstić information content (AvgIpc) is 3.29. The maximum Gasteiger partial charge on any atom is 0.300 e. The van der Waals surface area contributed by atoms with E-state index in [1.54, 1.807) is 42.6 Å². The Morgan fingerprint density at radius 1 is 1.09 bits per heavy atom. The summed E-state index contributed by atoms with van der Waals surface area (Å²) in [6.07, 6.45) is 2.39. The third-order valence-electron chi connectivity index (χ3n) is 5.86. The molecule has 2 atom stereocenters. The molecule has 0 spiro atoms. The highest BCUT2D eigenvalue weighted by Gasteiger charge is 2.47. The van der Waals surface area contributed by atoms with Gasteiger partial charge in [0.25, 0.3) is 11.7 Å². The van der Waals surface area contributed by atoms with E-state index in [9.17, 15) is 14.7 Å². The number of aliphatic hydroxyl groups is 1. The molecule has 2 aliphatic heterocycles. The van der Waals surface area contributed by atoms with Crippen LogP contribution in [0, 0.1) is 6.92 Å². The second-order valence-electron chi connectivity index (χ2n) is 8.22. The summed E-state index contributed by atoms with van der Waals surface area (Å²) in [5.41, 5.74) is 3.51. The molecular formula is C26H22N2O4. The summed E-state index contributed by atoms with van der Waals surface area (Å²) in [7, 11) is 0. The highest BCUT2D eigenvalue weighted by atomic mass is 16.5. The summed E-state index contributed by atoms with van der Waals surface area (Å²) in [6.45, 7) is 3.90. The van der Waals surface area contributed by atoms with Crippen LogP contribution in [0.2, 0.25) is 0 Å². The molecular weight excluding hydrogens is 404 g/mol. The lowest BCUT2D eigenvalue weighted by Crippen LogP contribution is -2.29. The van der Waals surface area contributed by atoms with Crippen LogP contribution in [0.5, 0.6) is 5.75 Å². The van der Waals surface area contributed by atoms with Gasteiger partial charge in [-0.1, -0.05) is 18.2 Å². The van der Waals surface area contributed by atoms with Crippen molar-refractivity contribution in [2.75, 3.05) is 4.90 Å². The molecule has 3 aromatic rings. The predicted octanol–water partition coefficient (Wildman–Crippen LogP) is 4.34. The molecule has 2 aromatic carbocycles. The molecule has 6 heteroatoms. The van der Waals surface area contributed by atoms with Gasteiger partial charge in [0.2, 0.25) is 0 Å². The number of amides is 1. The van der Waals surface area contributed by atoms with Crippen molar-refractivity contribution in [2.24, 2.45) is 0 Å². The Hall–Kier alpha value is -3.93. The van der Waals surface area contributed by atoms with Crippen molar-refractivity contribution >= 4 is 23.1 Å². The first-order valence-corrected chi connectivity index (χ1v) is 10.5. The molecule has 1 amide bonds. The maximum atomic E-state index is 13.2. The summed E-state index contributed by atoms with van der Waals surface area (Å²) in [5, 5.41) is 11.3. The van der Waals surface area contributed by atoms with E-state index in [1.807, 2.05) is 38.1 Å². The van der Waals surface area contributed by atoms with E-state index >= 15 is 0 Å². The van der Waals surface area contributed by atoms with Gasteiger partial charge in [-0.3, -0.25) is 19.5 Å². The molecule has 1 saturated heterocycles. The van der Waals surface area contributed by atoms with Gasteiger partial charge in [-0.25, -0.2) is 0 Å². The van der Waals surface area contributed by atoms with E-state index in [4.69, 9.17) is 4.74 Å². The number of aryl methyl sites for hydroxylation is 1. The number of pyridine rings is 1. The normalized spacial score (nSPS) is 21.5. The first kappa shape index (κ1) is 20.0. The second kappa shape index (κ2) is 7.64. The number of nitrogens with zero attached hydrogens (tertiary/aromatic N) is 2. The number of carbonyl (C=O) groups excluding carboxylic acids is 2. The number of aromatic nitrogens is 1. The fourth-order valence-corrected chi connectivity index (χ4v) is 4.42. The van der Waals surface area contributed by atoms with Crippen LogP contribution >= 0.6 is 0 Å². The zero-order chi connectivity index (χ0) is 22.4. The molecule has 32 heavy (non-hydrogen) atoms. The number of ether oxygens (including phenoxy) is 1. The average molecular weight is 426 g/mol. The van der Waals surface area contributed by atoms with Crippen molar-refractivity contribution in [3.8, 4) is 5.75 Å². The van der Waals surface area contributed by atoms with Crippen molar-refractivity contribution in [2.45, 2.75) is 32.4 Å². The molecule has 2 unspecified atom stereocenters. The fourth-order valence-electron chi connectivity index (χ4n) is 4.42. The Kier molecular flexibility index (Phi) is 4.78. The topological polar surface area (TPSA) is 79.7 Å². The van der Waals surface area contributed by atoms with Crippen LogP contribution < -0.4 is 9.64 Å². The summed E-state index contributed by atoms with van der Waals surface area (Å²) in [5.74, 6) is -0.859. The third-order valence-corrected chi connectivity index (χ3v) is 5.86. The number of benzene rings is 2. The Morgan fingerprint density at radius 2 is 1.94 bits per heavy atom. The largest absolute Gasteiger partial charge is 0.507 e. The first-order valence-electron chi connectivity index (χ1n) is 10.5. The molecule has 0 bridgehead atoms. The number of ketones is 1. The summed E-state index contributed by atoms with van der Waals surface area (Å²) < 4.78 is 5.74. The molecule has 2 aliphatic rings. The molecule has 3 heterocycles. The fraction of sp³-hybridized carbons (Fsp3) is 0.192. The van der Waals surface area contributed by atoms with Gasteiger partial charge in [-0.05, 0) is 67.4 Å². The molecule has 6 nitrogen and oxygen atoms in total. The number of carbonyl (C=O) groups is 2. The van der Waals surface area contributed by atoms with E-state index in [0.29, 0.717) is 16.9 Å². The van der Waals surface area contributed by atoms with E-state index in [1.165, 1.54) is 4.90 Å². The van der Waals surface area contributed by atoms with Crippen molar-refractivity contribution in [3.63, 3.8) is 0 Å². The number of anilines is 1. The van der Waals surface area contributed by atoms with Gasteiger partial charge < -0.3 is 9.84 Å². The van der Waals surface area contributed by atoms with Gasteiger partial charge in [0.1, 0.15) is 23.7 Å². The molecule has 1 aromatic heterocycles. The maximum absolute atomic E-state index is 13.2. The van der Waals surface area contributed by atoms with Crippen LogP contribution in [-0.2, 0) is 16.0 Å². The number of aliphatic hydroxyl groups excluding tert-OH is 1. The Labute approximate surface area is 185 Å². The standard InChI is InChI=1S/C26H22N2O4/c1-15-6-5-7-19(12-15)28-23(20-8-3-4-11-27-20)22(25(30)26(28)31)24(29)17-9-10-21-18(14-17)13-16(2)32-21/h3-12,14,16,23,29H,13H2,1-2H3/b24-22-. The Balaban J connectivity index is 1.69. The van der Waals surface area contributed by atoms with E-state index in [-0.39, 0.29) is 17.4 Å². The van der Waals surface area contributed by atoms with Gasteiger partial charge >= 0.3 is 0 Å². The highest BCUT2D eigenvalue weighted by molar-refractivity contribution is 6.51.